The molecule has 0 unspecified atom stereocenters. The number of hydrogen-bond donors (Lipinski definition) is 1. The van der Waals surface area contributed by atoms with Gasteiger partial charge in [0, 0.05) is 75.0 Å². The van der Waals surface area contributed by atoms with E-state index >= 15 is 0 Å². The van der Waals surface area contributed by atoms with Crippen LogP contribution < -0.4 is 4.74 Å². The van der Waals surface area contributed by atoms with E-state index in [0.717, 1.165) is 56.8 Å². The van der Waals surface area contributed by atoms with E-state index in [4.69, 9.17) is 4.74 Å². The van der Waals surface area contributed by atoms with Crippen LogP contribution in [0.15, 0.2) is 48.7 Å². The van der Waals surface area contributed by atoms with E-state index < -0.39 is 0 Å². The van der Waals surface area contributed by atoms with Gasteiger partial charge in [0.2, 0.25) is 5.91 Å². The van der Waals surface area contributed by atoms with Crippen LogP contribution in [0, 0.1) is 5.82 Å². The van der Waals surface area contributed by atoms with Gasteiger partial charge in [-0.05, 0) is 67.4 Å². The maximum atomic E-state index is 13.1. The molecule has 0 bridgehead atoms. The van der Waals surface area contributed by atoms with Gasteiger partial charge in [0.25, 0.3) is 5.91 Å². The van der Waals surface area contributed by atoms with Crippen molar-refractivity contribution in [3.8, 4) is 5.75 Å². The molecule has 0 radical (unpaired) electrons. The van der Waals surface area contributed by atoms with Gasteiger partial charge in [0.05, 0.1) is 13.7 Å². The number of fused-ring (bicyclic) bond motifs is 1. The average molecular weight is 522 g/mol. The van der Waals surface area contributed by atoms with Gasteiger partial charge in [0.1, 0.15) is 11.6 Å². The van der Waals surface area contributed by atoms with Crippen LogP contribution in [0.2, 0.25) is 0 Å². The summed E-state index contributed by atoms with van der Waals surface area (Å²) in [4.78, 5) is 37.2. The van der Waals surface area contributed by atoms with Crippen LogP contribution in [0.4, 0.5) is 4.39 Å². The molecule has 0 spiro atoms. The number of aromatic nitrogens is 1. The van der Waals surface area contributed by atoms with Gasteiger partial charge in [-0.1, -0.05) is 0 Å². The summed E-state index contributed by atoms with van der Waals surface area (Å²) in [7, 11) is 1.69. The molecule has 3 heterocycles. The second kappa shape index (κ2) is 12.0. The minimum Gasteiger partial charge on any atom is -0.497 e. The maximum Gasteiger partial charge on any atom is 0.253 e. The molecule has 2 aromatic carbocycles. The monoisotopic (exact) mass is 521 g/mol. The SMILES string of the molecule is COc1ccc2[nH]cc(CCCN3CCN(C(=O)CN4CCN(C(=O)c5ccc(F)cc5)CC4)CC3)c2c1. The van der Waals surface area contributed by atoms with E-state index in [1.54, 1.807) is 12.0 Å². The first-order valence-corrected chi connectivity index (χ1v) is 13.4. The number of H-pyrrole nitrogens is 1. The zero-order valence-corrected chi connectivity index (χ0v) is 22.0. The number of halogens is 1. The Morgan fingerprint density at radius 2 is 1.58 bits per heavy atom. The van der Waals surface area contributed by atoms with Gasteiger partial charge in [-0.2, -0.15) is 0 Å². The van der Waals surface area contributed by atoms with E-state index in [9.17, 15) is 14.0 Å². The van der Waals surface area contributed by atoms with Crippen molar-refractivity contribution >= 4 is 22.7 Å². The minimum absolute atomic E-state index is 0.0866. The van der Waals surface area contributed by atoms with Gasteiger partial charge in [-0.15, -0.1) is 0 Å². The zero-order valence-electron chi connectivity index (χ0n) is 22.0. The number of hydrogen-bond acceptors (Lipinski definition) is 5. The van der Waals surface area contributed by atoms with E-state index in [1.807, 2.05) is 11.0 Å². The van der Waals surface area contributed by atoms with Gasteiger partial charge >= 0.3 is 0 Å². The number of methoxy groups -OCH3 is 1. The number of piperazine rings is 2. The van der Waals surface area contributed by atoms with Crippen molar-refractivity contribution in [3.05, 3.63) is 65.6 Å². The third kappa shape index (κ3) is 6.16. The third-order valence-electron chi connectivity index (χ3n) is 7.73. The molecule has 3 aromatic rings. The summed E-state index contributed by atoms with van der Waals surface area (Å²) in [6.07, 6.45) is 4.17. The van der Waals surface area contributed by atoms with Crippen molar-refractivity contribution in [3.63, 3.8) is 0 Å². The third-order valence-corrected chi connectivity index (χ3v) is 7.73. The van der Waals surface area contributed by atoms with Crippen molar-refractivity contribution in [2.24, 2.45) is 0 Å². The number of nitrogens with one attached hydrogen (secondary N) is 1. The number of benzene rings is 2. The molecular formula is C29H36FN5O3. The molecule has 9 heteroatoms. The molecule has 5 rings (SSSR count). The van der Waals surface area contributed by atoms with E-state index in [-0.39, 0.29) is 17.6 Å². The lowest BCUT2D eigenvalue weighted by Crippen LogP contribution is -2.54. The molecule has 38 heavy (non-hydrogen) atoms. The highest BCUT2D eigenvalue weighted by molar-refractivity contribution is 5.94. The Morgan fingerprint density at radius 1 is 0.895 bits per heavy atom. The largest absolute Gasteiger partial charge is 0.497 e. The Morgan fingerprint density at radius 3 is 2.29 bits per heavy atom. The number of carbonyl (C=O) groups is 2. The van der Waals surface area contributed by atoms with Crippen molar-refractivity contribution in [2.45, 2.75) is 12.8 Å². The lowest BCUT2D eigenvalue weighted by atomic mass is 10.1. The first-order chi connectivity index (χ1) is 18.5. The quantitative estimate of drug-likeness (QED) is 0.494. The number of aromatic amines is 1. The normalized spacial score (nSPS) is 17.2. The molecule has 0 saturated carbocycles. The predicted molar refractivity (Wildman–Crippen MR) is 145 cm³/mol. The summed E-state index contributed by atoms with van der Waals surface area (Å²) < 4.78 is 18.5. The Bertz CT molecular complexity index is 1240. The Hall–Kier alpha value is -3.43. The van der Waals surface area contributed by atoms with Crippen molar-refractivity contribution in [1.82, 2.24) is 24.6 Å². The Balaban J connectivity index is 1.01. The molecule has 1 aromatic heterocycles. The van der Waals surface area contributed by atoms with Gasteiger partial charge in [0.15, 0.2) is 0 Å². The fraction of sp³-hybridized carbons (Fsp3) is 0.448. The van der Waals surface area contributed by atoms with E-state index in [1.165, 1.54) is 35.2 Å². The summed E-state index contributed by atoms with van der Waals surface area (Å²) in [5.74, 6) is 0.601. The fourth-order valence-electron chi connectivity index (χ4n) is 5.38. The molecule has 2 aliphatic heterocycles. The number of carbonyl (C=O) groups excluding carboxylic acids is 2. The fourth-order valence-corrected chi connectivity index (χ4v) is 5.38. The standard InChI is InChI=1S/C29H36FN5O3/c1-38-25-8-9-27-26(19-25)23(20-31-27)3-2-10-32-11-15-34(16-12-32)28(36)21-33-13-17-35(18-14-33)29(37)22-4-6-24(30)7-5-22/h4-9,19-20,31H,2-3,10-18,21H2,1H3. The topological polar surface area (TPSA) is 72.1 Å². The van der Waals surface area contributed by atoms with Crippen molar-refractivity contribution < 1.29 is 18.7 Å². The molecule has 202 valence electrons. The molecule has 8 nitrogen and oxygen atoms in total. The van der Waals surface area contributed by atoms with Gasteiger partial charge in [-0.25, -0.2) is 4.39 Å². The molecule has 2 fully saturated rings. The molecular weight excluding hydrogens is 485 g/mol. The van der Waals surface area contributed by atoms with Crippen LogP contribution in [-0.2, 0) is 11.2 Å². The van der Waals surface area contributed by atoms with Crippen molar-refractivity contribution in [2.75, 3.05) is 72.6 Å². The van der Waals surface area contributed by atoms with E-state index in [2.05, 4.69) is 33.1 Å². The maximum absolute atomic E-state index is 13.1. The summed E-state index contributed by atoms with van der Waals surface area (Å²) in [5.41, 5.74) is 2.94. The van der Waals surface area contributed by atoms with E-state index in [0.29, 0.717) is 38.3 Å². The van der Waals surface area contributed by atoms with Gasteiger partial charge < -0.3 is 19.5 Å². The van der Waals surface area contributed by atoms with Crippen LogP contribution >= 0.6 is 0 Å². The van der Waals surface area contributed by atoms with Crippen LogP contribution in [0.25, 0.3) is 10.9 Å². The second-order valence-electron chi connectivity index (χ2n) is 10.1. The summed E-state index contributed by atoms with van der Waals surface area (Å²) in [6, 6.07) is 11.8. The zero-order chi connectivity index (χ0) is 26.5. The number of amides is 2. The lowest BCUT2D eigenvalue weighted by Gasteiger charge is -2.38. The van der Waals surface area contributed by atoms with Crippen LogP contribution in [0.5, 0.6) is 5.75 Å². The summed E-state index contributed by atoms with van der Waals surface area (Å²) >= 11 is 0. The minimum atomic E-state index is -0.350. The highest BCUT2D eigenvalue weighted by Gasteiger charge is 2.26. The average Bonchev–Trinajstić information content (AvgIpc) is 3.36. The van der Waals surface area contributed by atoms with Crippen molar-refractivity contribution in [1.29, 1.82) is 0 Å². The Kier molecular flexibility index (Phi) is 8.24. The molecule has 0 atom stereocenters. The number of rotatable bonds is 8. The Labute approximate surface area is 222 Å². The first-order valence-electron chi connectivity index (χ1n) is 13.4. The summed E-state index contributed by atoms with van der Waals surface area (Å²) in [6.45, 7) is 7.18. The first kappa shape index (κ1) is 26.2. The molecule has 2 saturated heterocycles. The summed E-state index contributed by atoms with van der Waals surface area (Å²) in [5, 5.41) is 1.22. The van der Waals surface area contributed by atoms with Gasteiger partial charge in [-0.3, -0.25) is 19.4 Å². The molecule has 1 N–H and O–H groups in total. The van der Waals surface area contributed by atoms with Crippen LogP contribution in [0.1, 0.15) is 22.3 Å². The second-order valence-corrected chi connectivity index (χ2v) is 10.1. The number of nitrogens with zero attached hydrogens (tertiary/aromatic N) is 4. The highest BCUT2D eigenvalue weighted by atomic mass is 19.1. The number of ether oxygens (including phenoxy) is 1. The smallest absolute Gasteiger partial charge is 0.253 e. The lowest BCUT2D eigenvalue weighted by molar-refractivity contribution is -0.134. The van der Waals surface area contributed by atoms with Crippen LogP contribution in [-0.4, -0.2) is 109 Å². The molecule has 0 aliphatic carbocycles. The number of aryl methyl sites for hydroxylation is 1. The molecule has 2 amide bonds. The van der Waals surface area contributed by atoms with Crippen LogP contribution in [0.3, 0.4) is 0 Å². The predicted octanol–water partition coefficient (Wildman–Crippen LogP) is 2.85. The highest BCUT2D eigenvalue weighted by Crippen LogP contribution is 2.24. The molecule has 2 aliphatic rings.